The van der Waals surface area contributed by atoms with Gasteiger partial charge < -0.3 is 15.6 Å². The molecule has 0 radical (unpaired) electrons. The Kier molecular flexibility index (Phi) is 4.09. The molecular formula is C13H19ClN4. The summed E-state index contributed by atoms with van der Waals surface area (Å²) < 4.78 is 0. The molecule has 1 fully saturated rings. The van der Waals surface area contributed by atoms with Gasteiger partial charge in [0.1, 0.15) is 0 Å². The van der Waals surface area contributed by atoms with Gasteiger partial charge in [-0.3, -0.25) is 0 Å². The van der Waals surface area contributed by atoms with Gasteiger partial charge in [-0.05, 0) is 37.4 Å². The summed E-state index contributed by atoms with van der Waals surface area (Å²) in [6.45, 7) is 2.93. The number of piperidine rings is 1. The van der Waals surface area contributed by atoms with E-state index in [9.17, 15) is 0 Å². The summed E-state index contributed by atoms with van der Waals surface area (Å²) in [6, 6.07) is 8.17. The van der Waals surface area contributed by atoms with Crippen LogP contribution in [0.1, 0.15) is 12.8 Å². The fourth-order valence-electron chi connectivity index (χ4n) is 2.47. The van der Waals surface area contributed by atoms with Crippen molar-refractivity contribution in [1.29, 1.82) is 0 Å². The first-order valence-electron chi connectivity index (χ1n) is 6.26. The fraction of sp³-hybridized carbons (Fsp3) is 0.462. The smallest absolute Gasteiger partial charge is 0.203 e. The molecule has 3 N–H and O–H groups in total. The number of anilines is 1. The number of benzene rings is 1. The van der Waals surface area contributed by atoms with Gasteiger partial charge in [0, 0.05) is 13.1 Å². The van der Waals surface area contributed by atoms with E-state index in [4.69, 9.17) is 5.73 Å². The Balaban J connectivity index is 0.00000120. The first-order valence-corrected chi connectivity index (χ1v) is 6.26. The lowest BCUT2D eigenvalue weighted by Gasteiger charge is -2.30. The van der Waals surface area contributed by atoms with Gasteiger partial charge in [0.25, 0.3) is 0 Å². The van der Waals surface area contributed by atoms with Crippen molar-refractivity contribution in [2.75, 3.05) is 24.5 Å². The van der Waals surface area contributed by atoms with Crippen molar-refractivity contribution < 1.29 is 0 Å². The van der Waals surface area contributed by atoms with Crippen LogP contribution < -0.4 is 10.6 Å². The highest BCUT2D eigenvalue weighted by molar-refractivity contribution is 5.85. The molecule has 18 heavy (non-hydrogen) atoms. The molecule has 3 rings (SSSR count). The number of rotatable bonds is 2. The third kappa shape index (κ3) is 2.44. The van der Waals surface area contributed by atoms with Gasteiger partial charge in [0.05, 0.1) is 11.0 Å². The SMILES string of the molecule is Cl.NCC1CCN(c2nc3ccccc3[nH]2)CC1. The van der Waals surface area contributed by atoms with E-state index < -0.39 is 0 Å². The number of halogens is 1. The largest absolute Gasteiger partial charge is 0.342 e. The number of aromatic amines is 1. The summed E-state index contributed by atoms with van der Waals surface area (Å²) in [7, 11) is 0. The molecule has 0 amide bonds. The Hall–Kier alpha value is -1.26. The van der Waals surface area contributed by atoms with Crippen LogP contribution in [0.15, 0.2) is 24.3 Å². The molecule has 98 valence electrons. The molecule has 0 atom stereocenters. The van der Waals surface area contributed by atoms with Crippen molar-refractivity contribution in [1.82, 2.24) is 9.97 Å². The van der Waals surface area contributed by atoms with Gasteiger partial charge in [-0.15, -0.1) is 12.4 Å². The zero-order valence-corrected chi connectivity index (χ0v) is 11.1. The van der Waals surface area contributed by atoms with Crippen LogP contribution in [-0.2, 0) is 0 Å². The number of nitrogens with two attached hydrogens (primary N) is 1. The molecule has 2 aromatic rings. The Morgan fingerprint density at radius 1 is 1.28 bits per heavy atom. The van der Waals surface area contributed by atoms with Crippen LogP contribution in [0, 0.1) is 5.92 Å². The minimum Gasteiger partial charge on any atom is -0.342 e. The number of aromatic nitrogens is 2. The third-order valence-electron chi connectivity index (χ3n) is 3.62. The molecule has 0 aliphatic carbocycles. The molecule has 0 spiro atoms. The average molecular weight is 267 g/mol. The molecule has 1 aromatic carbocycles. The molecule has 1 aliphatic rings. The first kappa shape index (κ1) is 13.2. The van der Waals surface area contributed by atoms with Crippen LogP contribution in [0.2, 0.25) is 0 Å². The van der Waals surface area contributed by atoms with E-state index in [0.717, 1.165) is 36.6 Å². The number of H-pyrrole nitrogens is 1. The summed E-state index contributed by atoms with van der Waals surface area (Å²) >= 11 is 0. The summed E-state index contributed by atoms with van der Waals surface area (Å²) in [4.78, 5) is 10.3. The van der Waals surface area contributed by atoms with Crippen molar-refractivity contribution >= 4 is 29.4 Å². The van der Waals surface area contributed by atoms with Gasteiger partial charge >= 0.3 is 0 Å². The number of nitrogens with one attached hydrogen (secondary N) is 1. The summed E-state index contributed by atoms with van der Waals surface area (Å²) in [5.74, 6) is 1.69. The maximum atomic E-state index is 5.71. The summed E-state index contributed by atoms with van der Waals surface area (Å²) in [5, 5.41) is 0. The standard InChI is InChI=1S/C13H18N4.ClH/c14-9-10-5-7-17(8-6-10)13-15-11-3-1-2-4-12(11)16-13;/h1-4,10H,5-9,14H2,(H,15,16);1H. The maximum absolute atomic E-state index is 5.71. The third-order valence-corrected chi connectivity index (χ3v) is 3.62. The first-order chi connectivity index (χ1) is 8.36. The van der Waals surface area contributed by atoms with Crippen molar-refractivity contribution in [2.24, 2.45) is 11.7 Å². The van der Waals surface area contributed by atoms with E-state index >= 15 is 0 Å². The van der Waals surface area contributed by atoms with Gasteiger partial charge in [-0.1, -0.05) is 12.1 Å². The summed E-state index contributed by atoms with van der Waals surface area (Å²) in [5.41, 5.74) is 7.87. The number of nitrogens with zero attached hydrogens (tertiary/aromatic N) is 2. The molecular weight excluding hydrogens is 248 g/mol. The molecule has 0 bridgehead atoms. The second kappa shape index (κ2) is 5.59. The molecule has 0 unspecified atom stereocenters. The van der Waals surface area contributed by atoms with E-state index in [1.807, 2.05) is 18.2 Å². The van der Waals surface area contributed by atoms with Crippen molar-refractivity contribution in [3.8, 4) is 0 Å². The maximum Gasteiger partial charge on any atom is 0.203 e. The van der Waals surface area contributed by atoms with E-state index in [0.29, 0.717) is 5.92 Å². The number of hydrogen-bond donors (Lipinski definition) is 2. The topological polar surface area (TPSA) is 57.9 Å². The van der Waals surface area contributed by atoms with Gasteiger partial charge in [0.15, 0.2) is 0 Å². The number of hydrogen-bond acceptors (Lipinski definition) is 3. The zero-order valence-electron chi connectivity index (χ0n) is 10.3. The molecule has 0 saturated carbocycles. The highest BCUT2D eigenvalue weighted by Gasteiger charge is 2.20. The number of para-hydroxylation sites is 2. The van der Waals surface area contributed by atoms with Crippen LogP contribution in [-0.4, -0.2) is 29.6 Å². The van der Waals surface area contributed by atoms with Crippen molar-refractivity contribution in [3.05, 3.63) is 24.3 Å². The Labute approximate surface area is 113 Å². The van der Waals surface area contributed by atoms with Gasteiger partial charge in [-0.25, -0.2) is 4.98 Å². The minimum atomic E-state index is 0. The average Bonchev–Trinajstić information content (AvgIpc) is 2.82. The normalized spacial score (nSPS) is 16.8. The molecule has 1 aliphatic heterocycles. The van der Waals surface area contributed by atoms with Crippen LogP contribution in [0.5, 0.6) is 0 Å². The Morgan fingerprint density at radius 2 is 2.00 bits per heavy atom. The van der Waals surface area contributed by atoms with Crippen LogP contribution in [0.4, 0.5) is 5.95 Å². The van der Waals surface area contributed by atoms with Crippen LogP contribution in [0.3, 0.4) is 0 Å². The highest BCUT2D eigenvalue weighted by atomic mass is 35.5. The molecule has 1 saturated heterocycles. The predicted molar refractivity (Wildman–Crippen MR) is 77.3 cm³/mol. The summed E-state index contributed by atoms with van der Waals surface area (Å²) in [6.07, 6.45) is 2.35. The minimum absolute atomic E-state index is 0. The lowest BCUT2D eigenvalue weighted by molar-refractivity contribution is 0.412. The van der Waals surface area contributed by atoms with Crippen molar-refractivity contribution in [3.63, 3.8) is 0 Å². The monoisotopic (exact) mass is 266 g/mol. The highest BCUT2D eigenvalue weighted by Crippen LogP contribution is 2.22. The van der Waals surface area contributed by atoms with Gasteiger partial charge in [-0.2, -0.15) is 0 Å². The van der Waals surface area contributed by atoms with E-state index in [-0.39, 0.29) is 12.4 Å². The molecule has 1 aromatic heterocycles. The number of imidazole rings is 1. The van der Waals surface area contributed by atoms with E-state index in [1.54, 1.807) is 0 Å². The predicted octanol–water partition coefficient (Wildman–Crippen LogP) is 2.16. The second-order valence-electron chi connectivity index (χ2n) is 4.74. The zero-order chi connectivity index (χ0) is 11.7. The number of fused-ring (bicyclic) bond motifs is 1. The quantitative estimate of drug-likeness (QED) is 0.876. The van der Waals surface area contributed by atoms with Crippen LogP contribution >= 0.6 is 12.4 Å². The second-order valence-corrected chi connectivity index (χ2v) is 4.74. The lowest BCUT2D eigenvalue weighted by atomic mass is 9.97. The van der Waals surface area contributed by atoms with E-state index in [2.05, 4.69) is 20.9 Å². The molecule has 2 heterocycles. The Bertz CT molecular complexity index is 469. The lowest BCUT2D eigenvalue weighted by Crippen LogP contribution is -2.36. The van der Waals surface area contributed by atoms with Gasteiger partial charge in [0.2, 0.25) is 5.95 Å². The fourth-order valence-corrected chi connectivity index (χ4v) is 2.47. The molecule has 5 heteroatoms. The van der Waals surface area contributed by atoms with Crippen molar-refractivity contribution in [2.45, 2.75) is 12.8 Å². The Morgan fingerprint density at radius 3 is 2.67 bits per heavy atom. The molecule has 4 nitrogen and oxygen atoms in total. The van der Waals surface area contributed by atoms with Crippen LogP contribution in [0.25, 0.3) is 11.0 Å². The van der Waals surface area contributed by atoms with E-state index in [1.165, 1.54) is 12.8 Å².